The Morgan fingerprint density at radius 3 is 2.76 bits per heavy atom. The maximum absolute atomic E-state index is 12.4. The molecule has 0 aliphatic heterocycles. The molecule has 0 fully saturated rings. The summed E-state index contributed by atoms with van der Waals surface area (Å²) in [5.74, 6) is -0.417. The fourth-order valence-corrected chi connectivity index (χ4v) is 2.25. The van der Waals surface area contributed by atoms with E-state index in [1.165, 1.54) is 6.20 Å². The smallest absolute Gasteiger partial charge is 0.257 e. The number of para-hydroxylation sites is 1. The SMILES string of the molecule is CCC(C)(CCO)NC(=O)c1c[nH]c2ccccc2c1=O. The van der Waals surface area contributed by atoms with Crippen molar-refractivity contribution in [2.75, 3.05) is 6.61 Å². The van der Waals surface area contributed by atoms with E-state index in [2.05, 4.69) is 10.3 Å². The van der Waals surface area contributed by atoms with Crippen molar-refractivity contribution in [2.24, 2.45) is 0 Å². The van der Waals surface area contributed by atoms with Crippen LogP contribution in [0.25, 0.3) is 10.9 Å². The lowest BCUT2D eigenvalue weighted by Gasteiger charge is -2.28. The fourth-order valence-electron chi connectivity index (χ4n) is 2.25. The highest BCUT2D eigenvalue weighted by molar-refractivity contribution is 5.97. The van der Waals surface area contributed by atoms with Crippen molar-refractivity contribution < 1.29 is 9.90 Å². The molecule has 0 radical (unpaired) electrons. The summed E-state index contributed by atoms with van der Waals surface area (Å²) in [5.41, 5.74) is -0.0209. The quantitative estimate of drug-likeness (QED) is 0.784. The number of nitrogens with one attached hydrogen (secondary N) is 2. The van der Waals surface area contributed by atoms with Gasteiger partial charge in [-0.2, -0.15) is 0 Å². The maximum atomic E-state index is 12.4. The summed E-state index contributed by atoms with van der Waals surface area (Å²) in [6, 6.07) is 7.08. The molecule has 21 heavy (non-hydrogen) atoms. The van der Waals surface area contributed by atoms with Crippen LogP contribution >= 0.6 is 0 Å². The number of aliphatic hydroxyl groups excluding tert-OH is 1. The molecule has 5 heteroatoms. The second-order valence-electron chi connectivity index (χ2n) is 5.42. The molecule has 2 rings (SSSR count). The molecule has 1 heterocycles. The largest absolute Gasteiger partial charge is 0.396 e. The van der Waals surface area contributed by atoms with Gasteiger partial charge in [0.05, 0.1) is 0 Å². The topological polar surface area (TPSA) is 82.2 Å². The molecule has 0 aliphatic carbocycles. The molecule has 2 aromatic rings. The summed E-state index contributed by atoms with van der Waals surface area (Å²) in [7, 11) is 0. The number of aliphatic hydroxyl groups is 1. The van der Waals surface area contributed by atoms with Gasteiger partial charge >= 0.3 is 0 Å². The first kappa shape index (κ1) is 15.3. The van der Waals surface area contributed by atoms with Crippen LogP contribution in [0.15, 0.2) is 35.3 Å². The van der Waals surface area contributed by atoms with Crippen molar-refractivity contribution in [3.8, 4) is 0 Å². The molecule has 1 amide bonds. The number of pyridine rings is 1. The molecule has 3 N–H and O–H groups in total. The Bertz CT molecular complexity index is 708. The summed E-state index contributed by atoms with van der Waals surface area (Å²) >= 11 is 0. The van der Waals surface area contributed by atoms with Crippen LogP contribution in [0.2, 0.25) is 0 Å². The zero-order valence-electron chi connectivity index (χ0n) is 12.3. The highest BCUT2D eigenvalue weighted by atomic mass is 16.3. The van der Waals surface area contributed by atoms with Crippen LogP contribution in [-0.2, 0) is 0 Å². The third kappa shape index (κ3) is 3.13. The molecule has 0 saturated carbocycles. The van der Waals surface area contributed by atoms with Crippen molar-refractivity contribution in [2.45, 2.75) is 32.2 Å². The van der Waals surface area contributed by atoms with Gasteiger partial charge in [0.15, 0.2) is 0 Å². The van der Waals surface area contributed by atoms with Gasteiger partial charge in [-0.1, -0.05) is 19.1 Å². The molecule has 112 valence electrons. The average molecular weight is 288 g/mol. The number of H-pyrrole nitrogens is 1. The van der Waals surface area contributed by atoms with Crippen molar-refractivity contribution in [3.05, 3.63) is 46.2 Å². The summed E-state index contributed by atoms with van der Waals surface area (Å²) in [6.07, 6.45) is 2.56. The van der Waals surface area contributed by atoms with Crippen LogP contribution in [0.1, 0.15) is 37.0 Å². The van der Waals surface area contributed by atoms with Gasteiger partial charge in [0.2, 0.25) is 5.43 Å². The molecular weight excluding hydrogens is 268 g/mol. The minimum atomic E-state index is -0.524. The Kier molecular flexibility index (Phi) is 4.43. The van der Waals surface area contributed by atoms with Gasteiger partial charge in [-0.25, -0.2) is 0 Å². The highest BCUT2D eigenvalue weighted by Gasteiger charge is 2.25. The Balaban J connectivity index is 2.36. The second-order valence-corrected chi connectivity index (χ2v) is 5.42. The molecule has 5 nitrogen and oxygen atoms in total. The van der Waals surface area contributed by atoms with Gasteiger partial charge in [-0.3, -0.25) is 9.59 Å². The van der Waals surface area contributed by atoms with Gasteiger partial charge in [0.1, 0.15) is 5.56 Å². The van der Waals surface area contributed by atoms with Crippen LogP contribution in [-0.4, -0.2) is 28.1 Å². The number of fused-ring (bicyclic) bond motifs is 1. The zero-order valence-corrected chi connectivity index (χ0v) is 12.3. The highest BCUT2D eigenvalue weighted by Crippen LogP contribution is 2.15. The minimum absolute atomic E-state index is 0.0152. The summed E-state index contributed by atoms with van der Waals surface area (Å²) in [5, 5.41) is 12.4. The van der Waals surface area contributed by atoms with Gasteiger partial charge in [0.25, 0.3) is 5.91 Å². The molecule has 0 aliphatic rings. The van der Waals surface area contributed by atoms with E-state index in [4.69, 9.17) is 5.11 Å². The van der Waals surface area contributed by atoms with E-state index in [1.807, 2.05) is 19.9 Å². The predicted molar refractivity (Wildman–Crippen MR) is 82.4 cm³/mol. The molecule has 1 aromatic carbocycles. The first-order valence-electron chi connectivity index (χ1n) is 7.04. The third-order valence-corrected chi connectivity index (χ3v) is 3.89. The van der Waals surface area contributed by atoms with Crippen LogP contribution in [0.4, 0.5) is 0 Å². The number of amides is 1. The van der Waals surface area contributed by atoms with E-state index >= 15 is 0 Å². The van der Waals surface area contributed by atoms with Crippen LogP contribution in [0.5, 0.6) is 0 Å². The lowest BCUT2D eigenvalue weighted by atomic mass is 9.94. The molecule has 0 spiro atoms. The maximum Gasteiger partial charge on any atom is 0.257 e. The van der Waals surface area contributed by atoms with Crippen LogP contribution in [0.3, 0.4) is 0 Å². The second kappa shape index (κ2) is 6.10. The van der Waals surface area contributed by atoms with E-state index in [-0.39, 0.29) is 17.6 Å². The summed E-state index contributed by atoms with van der Waals surface area (Å²) < 4.78 is 0. The van der Waals surface area contributed by atoms with Gasteiger partial charge in [0, 0.05) is 29.2 Å². The Morgan fingerprint density at radius 2 is 2.10 bits per heavy atom. The van der Waals surface area contributed by atoms with E-state index in [0.717, 1.165) is 0 Å². The molecule has 1 unspecified atom stereocenters. The van der Waals surface area contributed by atoms with E-state index in [9.17, 15) is 9.59 Å². The fraction of sp³-hybridized carbons (Fsp3) is 0.375. The predicted octanol–water partition coefficient (Wildman–Crippen LogP) is 1.81. The molecule has 0 bridgehead atoms. The first-order chi connectivity index (χ1) is 10.0. The summed E-state index contributed by atoms with van der Waals surface area (Å²) in [4.78, 5) is 27.7. The Hall–Kier alpha value is -2.14. The number of rotatable bonds is 5. The van der Waals surface area contributed by atoms with Crippen molar-refractivity contribution in [3.63, 3.8) is 0 Å². The number of carbonyl (C=O) groups excluding carboxylic acids is 1. The Labute approximate surface area is 123 Å². The van der Waals surface area contributed by atoms with Crippen molar-refractivity contribution in [1.82, 2.24) is 10.3 Å². The van der Waals surface area contributed by atoms with Gasteiger partial charge in [-0.15, -0.1) is 0 Å². The number of hydrogen-bond acceptors (Lipinski definition) is 3. The Morgan fingerprint density at radius 1 is 1.38 bits per heavy atom. The lowest BCUT2D eigenvalue weighted by molar-refractivity contribution is 0.0885. The van der Waals surface area contributed by atoms with E-state index in [1.54, 1.807) is 18.2 Å². The van der Waals surface area contributed by atoms with Gasteiger partial charge < -0.3 is 15.4 Å². The van der Waals surface area contributed by atoms with Crippen LogP contribution < -0.4 is 10.7 Å². The standard InChI is InChI=1S/C16H20N2O3/c1-3-16(2,8-9-19)18-15(21)12-10-17-13-7-5-4-6-11(13)14(12)20/h4-7,10,19H,3,8-9H2,1-2H3,(H,17,20)(H,18,21). The molecule has 1 atom stereocenters. The van der Waals surface area contributed by atoms with Crippen LogP contribution in [0, 0.1) is 0 Å². The normalized spacial score (nSPS) is 13.9. The third-order valence-electron chi connectivity index (χ3n) is 3.89. The number of hydrogen-bond donors (Lipinski definition) is 3. The molecular formula is C16H20N2O3. The average Bonchev–Trinajstić information content (AvgIpc) is 2.48. The van der Waals surface area contributed by atoms with Crippen molar-refractivity contribution >= 4 is 16.8 Å². The number of aromatic amines is 1. The zero-order chi connectivity index (χ0) is 15.5. The number of benzene rings is 1. The van der Waals surface area contributed by atoms with E-state index in [0.29, 0.717) is 23.7 Å². The lowest BCUT2D eigenvalue weighted by Crippen LogP contribution is -2.47. The number of carbonyl (C=O) groups is 1. The molecule has 0 saturated heterocycles. The first-order valence-corrected chi connectivity index (χ1v) is 7.04. The van der Waals surface area contributed by atoms with E-state index < -0.39 is 11.4 Å². The van der Waals surface area contributed by atoms with Crippen molar-refractivity contribution in [1.29, 1.82) is 0 Å². The minimum Gasteiger partial charge on any atom is -0.396 e. The summed E-state index contributed by atoms with van der Waals surface area (Å²) in [6.45, 7) is 3.77. The van der Waals surface area contributed by atoms with Gasteiger partial charge in [-0.05, 0) is 31.9 Å². The molecule has 1 aromatic heterocycles. The number of aromatic nitrogens is 1. The monoisotopic (exact) mass is 288 g/mol.